The highest BCUT2D eigenvalue weighted by molar-refractivity contribution is 5.92. The number of methoxy groups -OCH3 is 1. The summed E-state index contributed by atoms with van der Waals surface area (Å²) >= 11 is 0. The molecule has 132 valence electrons. The molecule has 0 atom stereocenters. The fraction of sp³-hybridized carbons (Fsp3) is 0.368. The Hall–Kier alpha value is -2.76. The molecule has 6 heteroatoms. The van der Waals surface area contributed by atoms with E-state index in [1.54, 1.807) is 24.3 Å². The number of hydrogen-bond acceptors (Lipinski definition) is 3. The third-order valence-electron chi connectivity index (χ3n) is 4.53. The normalized spacial score (nSPS) is 14.4. The largest absolute Gasteiger partial charge is 0.497 e. The highest BCUT2D eigenvalue weighted by atomic mass is 16.5. The molecule has 0 unspecified atom stereocenters. The summed E-state index contributed by atoms with van der Waals surface area (Å²) in [7, 11) is 1.64. The number of nitrogens with one attached hydrogen (secondary N) is 1. The van der Waals surface area contributed by atoms with Gasteiger partial charge in [-0.15, -0.1) is 0 Å². The molecule has 1 fully saturated rings. The van der Waals surface area contributed by atoms with Gasteiger partial charge in [0.15, 0.2) is 0 Å². The molecular formula is C19H23N3O3. The van der Waals surface area contributed by atoms with Crippen LogP contribution in [0.2, 0.25) is 0 Å². The van der Waals surface area contributed by atoms with Gasteiger partial charge in [0.25, 0.3) is 5.91 Å². The molecule has 1 aromatic heterocycles. The number of H-pyrrole nitrogens is 1. The lowest BCUT2D eigenvalue weighted by molar-refractivity contribution is -0.132. The van der Waals surface area contributed by atoms with Gasteiger partial charge in [-0.1, -0.05) is 12.1 Å². The summed E-state index contributed by atoms with van der Waals surface area (Å²) in [6, 6.07) is 11.4. The molecule has 1 saturated heterocycles. The van der Waals surface area contributed by atoms with Crippen LogP contribution < -0.4 is 4.74 Å². The first kappa shape index (κ1) is 17.1. The third kappa shape index (κ3) is 4.21. The molecule has 2 aromatic rings. The molecule has 1 aromatic carbocycles. The maximum atomic E-state index is 12.4. The minimum atomic E-state index is -0.00432. The summed E-state index contributed by atoms with van der Waals surface area (Å²) in [6.07, 6.45) is 2.94. The van der Waals surface area contributed by atoms with Crippen LogP contribution >= 0.6 is 0 Å². The second kappa shape index (κ2) is 7.88. The molecule has 0 aliphatic carbocycles. The van der Waals surface area contributed by atoms with Crippen molar-refractivity contribution in [3.05, 3.63) is 53.9 Å². The number of aryl methyl sites for hydroxylation is 1. The monoisotopic (exact) mass is 341 g/mol. The van der Waals surface area contributed by atoms with Gasteiger partial charge in [-0.3, -0.25) is 9.59 Å². The van der Waals surface area contributed by atoms with Gasteiger partial charge < -0.3 is 19.5 Å². The highest BCUT2D eigenvalue weighted by Crippen LogP contribution is 2.14. The maximum Gasteiger partial charge on any atom is 0.270 e. The van der Waals surface area contributed by atoms with E-state index >= 15 is 0 Å². The number of benzene rings is 1. The number of piperazine rings is 1. The number of carbonyl (C=O) groups is 2. The van der Waals surface area contributed by atoms with Gasteiger partial charge in [0.1, 0.15) is 11.4 Å². The Bertz CT molecular complexity index is 702. The second-order valence-corrected chi connectivity index (χ2v) is 6.10. The zero-order chi connectivity index (χ0) is 17.6. The van der Waals surface area contributed by atoms with Gasteiger partial charge in [0.2, 0.25) is 5.91 Å². The topological polar surface area (TPSA) is 65.6 Å². The molecule has 1 N–H and O–H groups in total. The summed E-state index contributed by atoms with van der Waals surface area (Å²) in [5, 5.41) is 0. The Balaban J connectivity index is 1.45. The minimum Gasteiger partial charge on any atom is -0.497 e. The first-order chi connectivity index (χ1) is 12.2. The Morgan fingerprint density at radius 3 is 2.32 bits per heavy atom. The molecular weight excluding hydrogens is 318 g/mol. The molecule has 3 rings (SSSR count). The Labute approximate surface area is 147 Å². The number of amides is 2. The van der Waals surface area contributed by atoms with Gasteiger partial charge in [-0.05, 0) is 36.2 Å². The van der Waals surface area contributed by atoms with Crippen molar-refractivity contribution < 1.29 is 14.3 Å². The van der Waals surface area contributed by atoms with Crippen LogP contribution in [0.25, 0.3) is 0 Å². The number of aromatic nitrogens is 1. The van der Waals surface area contributed by atoms with Crippen molar-refractivity contribution in [2.45, 2.75) is 12.8 Å². The number of nitrogens with zero attached hydrogens (tertiary/aromatic N) is 2. The number of ether oxygens (including phenoxy) is 1. The van der Waals surface area contributed by atoms with Crippen LogP contribution in [0.1, 0.15) is 22.5 Å². The Kier molecular flexibility index (Phi) is 5.38. The Morgan fingerprint density at radius 1 is 1.04 bits per heavy atom. The van der Waals surface area contributed by atoms with E-state index in [9.17, 15) is 9.59 Å². The predicted octanol–water partition coefficient (Wildman–Crippen LogP) is 1.94. The molecule has 0 radical (unpaired) electrons. The third-order valence-corrected chi connectivity index (χ3v) is 4.53. The van der Waals surface area contributed by atoms with E-state index < -0.39 is 0 Å². The van der Waals surface area contributed by atoms with Crippen LogP contribution in [0.5, 0.6) is 5.75 Å². The van der Waals surface area contributed by atoms with Crippen LogP contribution in [0.3, 0.4) is 0 Å². The lowest BCUT2D eigenvalue weighted by Gasteiger charge is -2.34. The van der Waals surface area contributed by atoms with Crippen molar-refractivity contribution in [1.29, 1.82) is 0 Å². The zero-order valence-electron chi connectivity index (χ0n) is 14.4. The summed E-state index contributed by atoms with van der Waals surface area (Å²) in [5.41, 5.74) is 1.72. The van der Waals surface area contributed by atoms with E-state index in [0.717, 1.165) is 11.3 Å². The van der Waals surface area contributed by atoms with Crippen LogP contribution in [0, 0.1) is 0 Å². The fourth-order valence-corrected chi connectivity index (χ4v) is 2.99. The van der Waals surface area contributed by atoms with Gasteiger partial charge in [-0.2, -0.15) is 0 Å². The van der Waals surface area contributed by atoms with Crippen molar-refractivity contribution in [2.75, 3.05) is 33.3 Å². The van der Waals surface area contributed by atoms with Crippen molar-refractivity contribution in [3.63, 3.8) is 0 Å². The average molecular weight is 341 g/mol. The zero-order valence-corrected chi connectivity index (χ0v) is 14.4. The number of aromatic amines is 1. The average Bonchev–Trinajstić information content (AvgIpc) is 3.21. The smallest absolute Gasteiger partial charge is 0.270 e. The van der Waals surface area contributed by atoms with Crippen LogP contribution in [0.15, 0.2) is 42.6 Å². The van der Waals surface area contributed by atoms with Crippen LogP contribution in [-0.4, -0.2) is 59.9 Å². The molecule has 0 saturated carbocycles. The quantitative estimate of drug-likeness (QED) is 0.904. The first-order valence-corrected chi connectivity index (χ1v) is 8.51. The summed E-state index contributed by atoms with van der Waals surface area (Å²) in [5.74, 6) is 0.955. The maximum absolute atomic E-state index is 12.4. The number of hydrogen-bond donors (Lipinski definition) is 1. The summed E-state index contributed by atoms with van der Waals surface area (Å²) < 4.78 is 5.14. The standard InChI is InChI=1S/C19H23N3O3/c1-25-16-7-4-15(5-8-16)6-9-18(23)21-11-13-22(14-12-21)19(24)17-3-2-10-20-17/h2-5,7-8,10,20H,6,9,11-14H2,1H3. The van der Waals surface area contributed by atoms with Crippen LogP contribution in [0.4, 0.5) is 0 Å². The molecule has 0 bridgehead atoms. The van der Waals surface area contributed by atoms with E-state index in [1.807, 2.05) is 35.2 Å². The van der Waals surface area contributed by atoms with E-state index in [4.69, 9.17) is 4.74 Å². The second-order valence-electron chi connectivity index (χ2n) is 6.10. The molecule has 2 heterocycles. The highest BCUT2D eigenvalue weighted by Gasteiger charge is 2.24. The lowest BCUT2D eigenvalue weighted by Crippen LogP contribution is -2.50. The first-order valence-electron chi connectivity index (χ1n) is 8.51. The summed E-state index contributed by atoms with van der Waals surface area (Å²) in [6.45, 7) is 2.33. The number of carbonyl (C=O) groups excluding carboxylic acids is 2. The van der Waals surface area contributed by atoms with E-state index in [0.29, 0.717) is 44.7 Å². The van der Waals surface area contributed by atoms with Gasteiger partial charge in [-0.25, -0.2) is 0 Å². The molecule has 2 amide bonds. The van der Waals surface area contributed by atoms with E-state index in [-0.39, 0.29) is 11.8 Å². The fourth-order valence-electron chi connectivity index (χ4n) is 2.99. The molecule has 1 aliphatic rings. The SMILES string of the molecule is COc1ccc(CCC(=O)N2CCN(C(=O)c3ccc[nH]3)CC2)cc1. The molecule has 6 nitrogen and oxygen atoms in total. The molecule has 25 heavy (non-hydrogen) atoms. The predicted molar refractivity (Wildman–Crippen MR) is 94.6 cm³/mol. The summed E-state index contributed by atoms with van der Waals surface area (Å²) in [4.78, 5) is 31.2. The van der Waals surface area contributed by atoms with Gasteiger partial charge >= 0.3 is 0 Å². The van der Waals surface area contributed by atoms with Gasteiger partial charge in [0.05, 0.1) is 7.11 Å². The van der Waals surface area contributed by atoms with E-state index in [1.165, 1.54) is 0 Å². The Morgan fingerprint density at radius 2 is 1.72 bits per heavy atom. The van der Waals surface area contributed by atoms with Gasteiger partial charge in [0, 0.05) is 38.8 Å². The number of rotatable bonds is 5. The lowest BCUT2D eigenvalue weighted by atomic mass is 10.1. The van der Waals surface area contributed by atoms with Crippen molar-refractivity contribution in [2.24, 2.45) is 0 Å². The molecule has 1 aliphatic heterocycles. The van der Waals surface area contributed by atoms with Crippen molar-refractivity contribution in [1.82, 2.24) is 14.8 Å². The molecule has 0 spiro atoms. The van der Waals surface area contributed by atoms with Crippen molar-refractivity contribution >= 4 is 11.8 Å². The minimum absolute atomic E-state index is 0.00432. The van der Waals surface area contributed by atoms with E-state index in [2.05, 4.69) is 4.98 Å². The van der Waals surface area contributed by atoms with Crippen LogP contribution in [-0.2, 0) is 11.2 Å². The van der Waals surface area contributed by atoms with Crippen molar-refractivity contribution in [3.8, 4) is 5.75 Å².